The minimum absolute atomic E-state index is 0.274. The molecule has 1 saturated heterocycles. The second-order valence-corrected chi connectivity index (χ2v) is 23.3. The Hall–Kier alpha value is -7.78. The van der Waals surface area contributed by atoms with Gasteiger partial charge in [-0.15, -0.1) is 0 Å². The summed E-state index contributed by atoms with van der Waals surface area (Å²) in [6, 6.07) is -1.40. The number of aliphatic hydroxyl groups is 2. The van der Waals surface area contributed by atoms with E-state index in [0.29, 0.717) is 25.7 Å². The van der Waals surface area contributed by atoms with Gasteiger partial charge in [0, 0.05) is 6.42 Å². The van der Waals surface area contributed by atoms with Gasteiger partial charge < -0.3 is 79.7 Å². The van der Waals surface area contributed by atoms with E-state index >= 15 is 0 Å². The van der Waals surface area contributed by atoms with E-state index in [1.54, 1.807) is 55.5 Å². The molecule has 1 spiro atoms. The van der Waals surface area contributed by atoms with E-state index in [2.05, 4.69) is 63.8 Å². The molecule has 0 unspecified atom stereocenters. The van der Waals surface area contributed by atoms with Crippen LogP contribution in [0.5, 0.6) is 0 Å². The Kier molecular flexibility index (Phi) is 27.5. The zero-order valence-electron chi connectivity index (χ0n) is 51.9. The molecule has 0 bridgehead atoms. The number of benzene rings is 2. The summed E-state index contributed by atoms with van der Waals surface area (Å²) in [5, 5.41) is 54.5. The molecule has 1 heterocycles. The number of amides is 12. The maximum Gasteiger partial charge on any atom is 0.246 e. The lowest BCUT2D eigenvalue weighted by Crippen LogP contribution is -2.64. The number of likely N-dealkylation sites (N-methyl/N-ethyl adjacent to an activating group) is 1. The molecule has 87 heavy (non-hydrogen) atoms. The van der Waals surface area contributed by atoms with Crippen LogP contribution in [0.25, 0.3) is 10.8 Å². The Morgan fingerprint density at radius 2 is 1.07 bits per heavy atom. The molecule has 1 aliphatic heterocycles. The average Bonchev–Trinajstić information content (AvgIpc) is 1.86. The van der Waals surface area contributed by atoms with E-state index in [1.807, 2.05) is 49.4 Å². The summed E-state index contributed by atoms with van der Waals surface area (Å²) in [6.45, 7) is 14.5. The topological polar surface area (TPSA) is 416 Å². The van der Waals surface area contributed by atoms with Crippen LogP contribution < -0.4 is 69.5 Å². The molecule has 16 N–H and O–H groups in total. The Labute approximate surface area is 508 Å². The lowest BCUT2D eigenvalue weighted by atomic mass is 9.94. The van der Waals surface area contributed by atoms with Gasteiger partial charge in [0.05, 0.1) is 25.3 Å². The van der Waals surface area contributed by atoms with Crippen LogP contribution in [0.15, 0.2) is 42.5 Å². The van der Waals surface area contributed by atoms with E-state index < -0.39 is 193 Å². The van der Waals surface area contributed by atoms with E-state index in [1.165, 1.54) is 13.8 Å². The van der Waals surface area contributed by atoms with Crippen molar-refractivity contribution in [2.75, 3.05) is 20.3 Å². The van der Waals surface area contributed by atoms with Crippen LogP contribution in [0, 0.1) is 23.7 Å². The fourth-order valence-corrected chi connectivity index (χ4v) is 9.82. The molecule has 0 aromatic heterocycles. The summed E-state index contributed by atoms with van der Waals surface area (Å²) < 4.78 is 0. The minimum Gasteiger partial charge on any atom is -0.394 e. The Balaban J connectivity index is 1.50. The molecule has 4 rings (SSSR count). The van der Waals surface area contributed by atoms with Crippen LogP contribution >= 0.6 is 0 Å². The van der Waals surface area contributed by atoms with Crippen LogP contribution in [-0.4, -0.2) is 173 Å². The first-order valence-corrected chi connectivity index (χ1v) is 30.1. The molecule has 27 heteroatoms. The van der Waals surface area contributed by atoms with Crippen molar-refractivity contribution in [2.45, 2.75) is 199 Å². The highest BCUT2D eigenvalue weighted by Gasteiger charge is 2.53. The van der Waals surface area contributed by atoms with E-state index in [9.17, 15) is 67.7 Å². The third kappa shape index (κ3) is 19.9. The van der Waals surface area contributed by atoms with Gasteiger partial charge in [-0.05, 0) is 86.6 Å². The molecule has 15 atom stereocenters. The van der Waals surface area contributed by atoms with Crippen LogP contribution in [0.2, 0.25) is 0 Å². The predicted molar refractivity (Wildman–Crippen MR) is 322 cm³/mol. The van der Waals surface area contributed by atoms with Gasteiger partial charge in [0.25, 0.3) is 0 Å². The van der Waals surface area contributed by atoms with Crippen LogP contribution in [0.3, 0.4) is 0 Å². The highest BCUT2D eigenvalue weighted by atomic mass is 16.3. The van der Waals surface area contributed by atoms with Crippen molar-refractivity contribution in [2.24, 2.45) is 29.4 Å². The summed E-state index contributed by atoms with van der Waals surface area (Å²) in [7, 11) is 1.61. The highest BCUT2D eigenvalue weighted by Crippen LogP contribution is 2.36. The maximum absolute atomic E-state index is 14.4. The largest absolute Gasteiger partial charge is 0.394 e. The Bertz CT molecular complexity index is 2800. The number of carbonyl (C=O) groups is 12. The zero-order valence-corrected chi connectivity index (χ0v) is 51.9. The Morgan fingerprint density at radius 3 is 1.56 bits per heavy atom. The molecule has 1 saturated carbocycles. The van der Waals surface area contributed by atoms with Gasteiger partial charge in [-0.25, -0.2) is 0 Å². The van der Waals surface area contributed by atoms with Crippen molar-refractivity contribution in [1.29, 1.82) is 0 Å². The quantitative estimate of drug-likeness (QED) is 0.0401. The van der Waals surface area contributed by atoms with Crippen LogP contribution in [0.1, 0.15) is 126 Å². The van der Waals surface area contributed by atoms with Gasteiger partial charge >= 0.3 is 0 Å². The van der Waals surface area contributed by atoms with Crippen molar-refractivity contribution in [3.8, 4) is 0 Å². The molecule has 482 valence electrons. The number of primary amides is 1. The summed E-state index contributed by atoms with van der Waals surface area (Å²) in [6.07, 6.45) is 1.48. The normalized spacial score (nSPS) is 21.5. The van der Waals surface area contributed by atoms with Gasteiger partial charge in [0.15, 0.2) is 0 Å². The fourth-order valence-electron chi connectivity index (χ4n) is 9.82. The predicted octanol–water partition coefficient (Wildman–Crippen LogP) is -2.05. The molecule has 1 aliphatic carbocycles. The number of aliphatic hydroxyl groups excluding tert-OH is 2. The number of carbonyl (C=O) groups excluding carboxylic acids is 12. The van der Waals surface area contributed by atoms with Crippen molar-refractivity contribution >= 4 is 81.7 Å². The third-order valence-corrected chi connectivity index (χ3v) is 16.8. The molecule has 0 radical (unpaired) electrons. The SMILES string of the molecule is CC[C@H](C)[C@H](NC(=O)[C@@H](Cc1ccc2ccccc2c1)NC)C(=O)N[C@@H](CO)C(=O)N[C@H](CCC(N)=O)C(=O)N[C@@H](C(=O)N[C@H](C(=O)N[C@@H](CO)C(=O)N[C@H]1C(=O)N[C@@H](C)C(=O)NC2(CC2)C(=O)N[C@@H]([C@@H](C)CC)C(=O)N[C@H]1C)[C@@H](C)CC)[C@@H](C)CC. The number of fused-ring (bicyclic) bond motifs is 1. The van der Waals surface area contributed by atoms with Gasteiger partial charge in [-0.1, -0.05) is 124 Å². The number of nitrogens with two attached hydrogens (primary N) is 1. The number of nitrogens with one attached hydrogen (secondary N) is 12. The molecular formula is C60H93N13O14. The highest BCUT2D eigenvalue weighted by molar-refractivity contribution is 6.01. The smallest absolute Gasteiger partial charge is 0.246 e. The van der Waals surface area contributed by atoms with Crippen molar-refractivity contribution in [3.63, 3.8) is 0 Å². The second-order valence-electron chi connectivity index (χ2n) is 23.3. The van der Waals surface area contributed by atoms with Crippen molar-refractivity contribution in [3.05, 3.63) is 48.0 Å². The van der Waals surface area contributed by atoms with Gasteiger partial charge in [0.2, 0.25) is 70.9 Å². The van der Waals surface area contributed by atoms with Crippen molar-refractivity contribution in [1.82, 2.24) is 63.8 Å². The molecule has 2 aromatic carbocycles. The lowest BCUT2D eigenvalue weighted by Gasteiger charge is -2.32. The summed E-state index contributed by atoms with van der Waals surface area (Å²) in [4.78, 5) is 165. The van der Waals surface area contributed by atoms with E-state index in [0.717, 1.165) is 16.3 Å². The number of rotatable bonds is 30. The Morgan fingerprint density at radius 1 is 0.586 bits per heavy atom. The molecule has 27 nitrogen and oxygen atoms in total. The second kappa shape index (κ2) is 33.4. The van der Waals surface area contributed by atoms with E-state index in [-0.39, 0.29) is 19.3 Å². The fraction of sp³-hybridized carbons (Fsp3) is 0.633. The van der Waals surface area contributed by atoms with Gasteiger partial charge in [0.1, 0.15) is 59.9 Å². The van der Waals surface area contributed by atoms with Crippen molar-refractivity contribution < 1.29 is 67.7 Å². The molecular weight excluding hydrogens is 1130 g/mol. The number of hydrogen-bond acceptors (Lipinski definition) is 15. The molecule has 2 aliphatic rings. The average molecular weight is 1220 g/mol. The van der Waals surface area contributed by atoms with E-state index in [4.69, 9.17) is 5.73 Å². The molecule has 2 fully saturated rings. The first-order valence-electron chi connectivity index (χ1n) is 30.1. The van der Waals surface area contributed by atoms with Crippen LogP contribution in [-0.2, 0) is 64.0 Å². The van der Waals surface area contributed by atoms with Gasteiger partial charge in [-0.2, -0.15) is 0 Å². The monoisotopic (exact) mass is 1220 g/mol. The molecule has 12 amide bonds. The minimum atomic E-state index is -1.77. The standard InChI is InChI=1S/C60H93N13O14/c1-12-30(5)44(69-51(79)40(62-11)27-36-20-21-37-18-16-17-19-38(37)26-36)55(83)66-41(28-74)52(80)65-39(22-23-43(61)76)50(78)68-46(32(7)14-3)57(85)70-45(31(6)13-2)56(84)67-42(29-75)53(81)71-48-34(9)63-54(82)47(33(8)15-4)72-59(87)60(24-25-60)73-49(77)35(10)64-58(48)86/h16-21,26,30-35,39-42,44-48,62,74-75H,12-15,22-25,27-29H2,1-11H3,(H2,61,76)(H,63,82)(H,64,86)(H,65,80)(H,66,83)(H,67,84)(H,68,78)(H,69,79)(H,70,85)(H,71,81)(H,72,87)(H,73,77)/t30-,31-,32-,33-,34-,35-,39+,40+,41-,42-,44-,45-,46+,47-,48+/m0/s1. The van der Waals surface area contributed by atoms with Gasteiger partial charge in [-0.3, -0.25) is 57.5 Å². The summed E-state index contributed by atoms with van der Waals surface area (Å²) >= 11 is 0. The van der Waals surface area contributed by atoms with Crippen LogP contribution in [0.4, 0.5) is 0 Å². The maximum atomic E-state index is 14.4. The zero-order chi connectivity index (χ0) is 65.0. The first kappa shape index (κ1) is 71.7. The summed E-state index contributed by atoms with van der Waals surface area (Å²) in [5.41, 5.74) is 5.05. The molecule has 2 aromatic rings. The summed E-state index contributed by atoms with van der Waals surface area (Å²) in [5.74, 6) is -12.2. The first-order chi connectivity index (χ1) is 41.1. The third-order valence-electron chi connectivity index (χ3n) is 16.8. The lowest BCUT2D eigenvalue weighted by molar-refractivity contribution is -0.138. The number of hydrogen-bond donors (Lipinski definition) is 15.